The largest absolute Gasteiger partial charge is 0.384 e. The van der Waals surface area contributed by atoms with E-state index in [1.807, 2.05) is 0 Å². The first-order valence-electron chi connectivity index (χ1n) is 7.36. The molecule has 0 aliphatic carbocycles. The van der Waals surface area contributed by atoms with Crippen molar-refractivity contribution in [2.45, 2.75) is 25.4 Å². The van der Waals surface area contributed by atoms with Crippen LogP contribution in [0.2, 0.25) is 5.02 Å². The predicted molar refractivity (Wildman–Crippen MR) is 88.8 cm³/mol. The zero-order valence-corrected chi connectivity index (χ0v) is 13.6. The van der Waals surface area contributed by atoms with Gasteiger partial charge in [0.15, 0.2) is 0 Å². The van der Waals surface area contributed by atoms with E-state index in [1.165, 1.54) is 12.1 Å². The molecule has 0 bridgehead atoms. The zero-order chi connectivity index (χ0) is 16.9. The van der Waals surface area contributed by atoms with Crippen molar-refractivity contribution in [2.24, 2.45) is 0 Å². The molecule has 0 fully saturated rings. The van der Waals surface area contributed by atoms with Crippen LogP contribution < -0.4 is 5.32 Å². The van der Waals surface area contributed by atoms with Crippen molar-refractivity contribution in [1.29, 1.82) is 0 Å². The molecule has 0 aliphatic heterocycles. The molecule has 2 aromatic carbocycles. The number of carbonyl (C=O) groups is 1. The van der Waals surface area contributed by atoms with Crippen molar-refractivity contribution in [3.8, 4) is 0 Å². The van der Waals surface area contributed by atoms with Crippen LogP contribution in [-0.2, 0) is 16.8 Å². The molecule has 2 N–H and O–H groups in total. The van der Waals surface area contributed by atoms with Gasteiger partial charge in [-0.25, -0.2) is 4.39 Å². The molecule has 3 nitrogen and oxygen atoms in total. The Labute approximate surface area is 140 Å². The molecule has 1 unspecified atom stereocenters. The normalized spacial score (nSPS) is 13.4. The second-order valence-electron chi connectivity index (χ2n) is 5.68. The van der Waals surface area contributed by atoms with E-state index in [0.717, 1.165) is 5.56 Å². The molecule has 0 spiro atoms. The summed E-state index contributed by atoms with van der Waals surface area (Å²) in [4.78, 5) is 11.9. The van der Waals surface area contributed by atoms with Crippen molar-refractivity contribution >= 4 is 17.5 Å². The number of amides is 1. The second kappa shape index (κ2) is 7.57. The van der Waals surface area contributed by atoms with Crippen molar-refractivity contribution in [3.63, 3.8) is 0 Å². The molecule has 0 radical (unpaired) electrons. The van der Waals surface area contributed by atoms with E-state index in [9.17, 15) is 14.3 Å². The summed E-state index contributed by atoms with van der Waals surface area (Å²) in [5.41, 5.74) is 0.405. The van der Waals surface area contributed by atoms with E-state index >= 15 is 0 Å². The average molecular weight is 336 g/mol. The summed E-state index contributed by atoms with van der Waals surface area (Å²) in [7, 11) is 0. The van der Waals surface area contributed by atoms with Gasteiger partial charge in [0.2, 0.25) is 5.91 Å². The van der Waals surface area contributed by atoms with Crippen LogP contribution in [0, 0.1) is 5.82 Å². The van der Waals surface area contributed by atoms with E-state index in [1.54, 1.807) is 43.3 Å². The SMILES string of the molecule is CC(O)(CNC(=O)CCc1ccc(F)cc1)c1ccc(Cl)cc1. The van der Waals surface area contributed by atoms with Gasteiger partial charge in [0.05, 0.1) is 6.54 Å². The van der Waals surface area contributed by atoms with Gasteiger partial charge in [-0.3, -0.25) is 4.79 Å². The van der Waals surface area contributed by atoms with E-state index in [2.05, 4.69) is 5.32 Å². The van der Waals surface area contributed by atoms with Crippen LogP contribution in [0.1, 0.15) is 24.5 Å². The Bertz CT molecular complexity index is 654. The smallest absolute Gasteiger partial charge is 0.220 e. The minimum absolute atomic E-state index is 0.108. The van der Waals surface area contributed by atoms with Crippen LogP contribution >= 0.6 is 11.6 Å². The fourth-order valence-electron chi connectivity index (χ4n) is 2.18. The highest BCUT2D eigenvalue weighted by molar-refractivity contribution is 6.30. The number of hydrogen-bond acceptors (Lipinski definition) is 2. The molecule has 1 atom stereocenters. The Kier molecular flexibility index (Phi) is 5.74. The van der Waals surface area contributed by atoms with Crippen molar-refractivity contribution in [2.75, 3.05) is 6.54 Å². The van der Waals surface area contributed by atoms with Gasteiger partial charge in [-0.1, -0.05) is 35.9 Å². The third-order valence-electron chi connectivity index (χ3n) is 3.65. The van der Waals surface area contributed by atoms with E-state index in [-0.39, 0.29) is 24.7 Å². The van der Waals surface area contributed by atoms with Gasteiger partial charge < -0.3 is 10.4 Å². The van der Waals surface area contributed by atoms with Crippen LogP contribution in [0.25, 0.3) is 0 Å². The summed E-state index contributed by atoms with van der Waals surface area (Å²) in [5, 5.41) is 13.8. The van der Waals surface area contributed by atoms with Crippen molar-refractivity contribution < 1.29 is 14.3 Å². The zero-order valence-electron chi connectivity index (χ0n) is 12.9. The third-order valence-corrected chi connectivity index (χ3v) is 3.90. The summed E-state index contributed by atoms with van der Waals surface area (Å²) in [5.74, 6) is -0.458. The van der Waals surface area contributed by atoms with Gasteiger partial charge in [0.1, 0.15) is 11.4 Å². The number of aliphatic hydroxyl groups is 1. The summed E-state index contributed by atoms with van der Waals surface area (Å²) in [6.45, 7) is 1.74. The van der Waals surface area contributed by atoms with Crippen LogP contribution in [0.3, 0.4) is 0 Å². The van der Waals surface area contributed by atoms with E-state index in [4.69, 9.17) is 11.6 Å². The molecule has 0 saturated carbocycles. The molecule has 23 heavy (non-hydrogen) atoms. The minimum Gasteiger partial charge on any atom is -0.384 e. The Morgan fingerprint density at radius 2 is 1.78 bits per heavy atom. The third kappa shape index (κ3) is 5.34. The maximum Gasteiger partial charge on any atom is 0.220 e. The Balaban J connectivity index is 1.83. The molecular weight excluding hydrogens is 317 g/mol. The van der Waals surface area contributed by atoms with E-state index in [0.29, 0.717) is 17.0 Å². The highest BCUT2D eigenvalue weighted by Crippen LogP contribution is 2.21. The molecule has 0 saturated heterocycles. The first-order valence-corrected chi connectivity index (χ1v) is 7.74. The number of nitrogens with one attached hydrogen (secondary N) is 1. The quantitative estimate of drug-likeness (QED) is 0.849. The van der Waals surface area contributed by atoms with Crippen LogP contribution in [0.5, 0.6) is 0 Å². The van der Waals surface area contributed by atoms with Crippen LogP contribution in [0.15, 0.2) is 48.5 Å². The lowest BCUT2D eigenvalue weighted by molar-refractivity contribution is -0.122. The average Bonchev–Trinajstić information content (AvgIpc) is 2.53. The minimum atomic E-state index is -1.17. The Morgan fingerprint density at radius 3 is 2.39 bits per heavy atom. The molecule has 0 aliphatic rings. The van der Waals surface area contributed by atoms with Gasteiger partial charge in [-0.15, -0.1) is 0 Å². The first kappa shape index (κ1) is 17.4. The monoisotopic (exact) mass is 335 g/mol. The number of carbonyl (C=O) groups excluding carboxylic acids is 1. The molecule has 1 amide bonds. The molecule has 0 heterocycles. The van der Waals surface area contributed by atoms with Gasteiger partial charge >= 0.3 is 0 Å². The van der Waals surface area contributed by atoms with Crippen LogP contribution in [-0.4, -0.2) is 17.6 Å². The standard InChI is InChI=1S/C18H19ClFNO2/c1-18(23,14-5-7-15(19)8-6-14)12-21-17(22)11-4-13-2-9-16(20)10-3-13/h2-3,5-10,23H,4,11-12H2,1H3,(H,21,22). The first-order chi connectivity index (χ1) is 10.9. The van der Waals surface area contributed by atoms with Gasteiger partial charge in [-0.2, -0.15) is 0 Å². The maximum absolute atomic E-state index is 12.8. The summed E-state index contributed by atoms with van der Waals surface area (Å²) < 4.78 is 12.8. The fourth-order valence-corrected chi connectivity index (χ4v) is 2.31. The maximum atomic E-state index is 12.8. The molecule has 5 heteroatoms. The summed E-state index contributed by atoms with van der Waals surface area (Å²) >= 11 is 5.82. The van der Waals surface area contributed by atoms with Crippen LogP contribution in [0.4, 0.5) is 4.39 Å². The lowest BCUT2D eigenvalue weighted by Crippen LogP contribution is -2.38. The Hall–Kier alpha value is -1.91. The lowest BCUT2D eigenvalue weighted by atomic mass is 9.96. The summed E-state index contributed by atoms with van der Waals surface area (Å²) in [6, 6.07) is 12.9. The van der Waals surface area contributed by atoms with Gasteiger partial charge in [0.25, 0.3) is 0 Å². The number of aryl methyl sites for hydroxylation is 1. The lowest BCUT2D eigenvalue weighted by Gasteiger charge is -2.24. The Morgan fingerprint density at radius 1 is 1.17 bits per heavy atom. The number of halogens is 2. The van der Waals surface area contributed by atoms with Gasteiger partial charge in [-0.05, 0) is 48.7 Å². The van der Waals surface area contributed by atoms with E-state index < -0.39 is 5.60 Å². The number of rotatable bonds is 6. The summed E-state index contributed by atoms with van der Waals surface area (Å²) in [6.07, 6.45) is 0.803. The highest BCUT2D eigenvalue weighted by atomic mass is 35.5. The molecule has 2 aromatic rings. The number of benzene rings is 2. The second-order valence-corrected chi connectivity index (χ2v) is 6.12. The van der Waals surface area contributed by atoms with Gasteiger partial charge in [0, 0.05) is 11.4 Å². The van der Waals surface area contributed by atoms with Crippen molar-refractivity contribution in [3.05, 3.63) is 70.5 Å². The number of hydrogen-bond donors (Lipinski definition) is 2. The topological polar surface area (TPSA) is 49.3 Å². The highest BCUT2D eigenvalue weighted by Gasteiger charge is 2.23. The van der Waals surface area contributed by atoms with Crippen molar-refractivity contribution in [1.82, 2.24) is 5.32 Å². The predicted octanol–water partition coefficient (Wildman–Crippen LogP) is 3.44. The fraction of sp³-hybridized carbons (Fsp3) is 0.278. The molecule has 122 valence electrons. The molecule has 0 aromatic heterocycles. The molecular formula is C18H19ClFNO2. The molecule has 2 rings (SSSR count).